The summed E-state index contributed by atoms with van der Waals surface area (Å²) >= 11 is 5.85. The Morgan fingerprint density at radius 2 is 2.00 bits per heavy atom. The maximum Gasteiger partial charge on any atom is 0.322 e. The van der Waals surface area contributed by atoms with Crippen molar-refractivity contribution >= 4 is 17.5 Å². The molecule has 18 heavy (non-hydrogen) atoms. The van der Waals surface area contributed by atoms with Gasteiger partial charge in [0.25, 0.3) is 0 Å². The van der Waals surface area contributed by atoms with Gasteiger partial charge in [0.1, 0.15) is 0 Å². The van der Waals surface area contributed by atoms with Gasteiger partial charge in [0.05, 0.1) is 6.10 Å². The molecule has 2 rings (SSSR count). The molecule has 1 aliphatic rings. The molecule has 1 aliphatic carbocycles. The molecular weight excluding hydrogens is 252 g/mol. The molecular formula is C12H19ClN4O. The molecule has 1 fully saturated rings. The SMILES string of the molecule is CC(C)Oc1nc(Cl)nc(NCC2CCCC2)n1. The number of halogens is 1. The van der Waals surface area contributed by atoms with Crippen molar-refractivity contribution in [2.45, 2.75) is 45.6 Å². The molecule has 0 atom stereocenters. The molecule has 1 aromatic heterocycles. The Labute approximate surface area is 112 Å². The fraction of sp³-hybridized carbons (Fsp3) is 0.750. The molecule has 0 radical (unpaired) electrons. The summed E-state index contributed by atoms with van der Waals surface area (Å²) in [6.07, 6.45) is 5.23. The highest BCUT2D eigenvalue weighted by atomic mass is 35.5. The van der Waals surface area contributed by atoms with Crippen LogP contribution < -0.4 is 10.1 Å². The summed E-state index contributed by atoms with van der Waals surface area (Å²) in [5, 5.41) is 3.38. The molecule has 100 valence electrons. The van der Waals surface area contributed by atoms with Gasteiger partial charge in [0.15, 0.2) is 0 Å². The van der Waals surface area contributed by atoms with E-state index in [2.05, 4.69) is 20.3 Å². The Morgan fingerprint density at radius 1 is 1.28 bits per heavy atom. The van der Waals surface area contributed by atoms with Crippen molar-refractivity contribution < 1.29 is 4.74 Å². The summed E-state index contributed by atoms with van der Waals surface area (Å²) in [4.78, 5) is 12.2. The van der Waals surface area contributed by atoms with Crippen LogP contribution in [0.1, 0.15) is 39.5 Å². The summed E-state index contributed by atoms with van der Waals surface area (Å²) in [6, 6.07) is 0.277. The predicted octanol–water partition coefficient (Wildman–Crippen LogP) is 2.91. The van der Waals surface area contributed by atoms with E-state index in [9.17, 15) is 0 Å². The molecule has 1 aromatic rings. The lowest BCUT2D eigenvalue weighted by atomic mass is 10.1. The van der Waals surface area contributed by atoms with Gasteiger partial charge in [0, 0.05) is 6.54 Å². The second-order valence-electron chi connectivity index (χ2n) is 4.91. The summed E-state index contributed by atoms with van der Waals surface area (Å²) in [7, 11) is 0. The third-order valence-electron chi connectivity index (χ3n) is 2.95. The Hall–Kier alpha value is -1.10. The van der Waals surface area contributed by atoms with Crippen LogP contribution in [-0.4, -0.2) is 27.6 Å². The van der Waals surface area contributed by atoms with E-state index in [1.54, 1.807) is 0 Å². The Balaban J connectivity index is 1.96. The molecule has 1 N–H and O–H groups in total. The number of anilines is 1. The van der Waals surface area contributed by atoms with Gasteiger partial charge in [-0.1, -0.05) is 12.8 Å². The molecule has 1 heterocycles. The first kappa shape index (κ1) is 13.3. The third kappa shape index (κ3) is 3.98. The van der Waals surface area contributed by atoms with Crippen LogP contribution in [0.2, 0.25) is 5.28 Å². The van der Waals surface area contributed by atoms with Gasteiger partial charge in [-0.05, 0) is 44.2 Å². The standard InChI is InChI=1S/C12H19ClN4O/c1-8(2)18-12-16-10(13)15-11(17-12)14-7-9-5-3-4-6-9/h8-9H,3-7H2,1-2H3,(H,14,15,16,17). The van der Waals surface area contributed by atoms with Gasteiger partial charge in [-0.2, -0.15) is 15.0 Å². The van der Waals surface area contributed by atoms with Crippen molar-refractivity contribution in [3.05, 3.63) is 5.28 Å². The predicted molar refractivity (Wildman–Crippen MR) is 71.0 cm³/mol. The van der Waals surface area contributed by atoms with Crippen LogP contribution in [0, 0.1) is 5.92 Å². The van der Waals surface area contributed by atoms with Crippen molar-refractivity contribution in [3.8, 4) is 6.01 Å². The van der Waals surface area contributed by atoms with E-state index in [1.807, 2.05) is 13.8 Å². The summed E-state index contributed by atoms with van der Waals surface area (Å²) in [5.41, 5.74) is 0. The fourth-order valence-corrected chi connectivity index (χ4v) is 2.28. The lowest BCUT2D eigenvalue weighted by Crippen LogP contribution is -2.15. The molecule has 5 nitrogen and oxygen atoms in total. The fourth-order valence-electron chi connectivity index (χ4n) is 2.12. The van der Waals surface area contributed by atoms with E-state index in [0.717, 1.165) is 12.5 Å². The molecule has 0 unspecified atom stereocenters. The normalized spacial score (nSPS) is 16.2. The van der Waals surface area contributed by atoms with E-state index < -0.39 is 0 Å². The third-order valence-corrected chi connectivity index (χ3v) is 3.12. The molecule has 6 heteroatoms. The average Bonchev–Trinajstić information content (AvgIpc) is 2.77. The zero-order valence-electron chi connectivity index (χ0n) is 10.8. The molecule has 0 aromatic carbocycles. The quantitative estimate of drug-likeness (QED) is 0.891. The van der Waals surface area contributed by atoms with Crippen molar-refractivity contribution in [1.82, 2.24) is 15.0 Å². The van der Waals surface area contributed by atoms with Crippen molar-refractivity contribution in [2.24, 2.45) is 5.92 Å². The van der Waals surface area contributed by atoms with Crippen molar-refractivity contribution in [1.29, 1.82) is 0 Å². The Bertz CT molecular complexity index is 394. The van der Waals surface area contributed by atoms with Crippen LogP contribution in [0.5, 0.6) is 6.01 Å². The minimum Gasteiger partial charge on any atom is -0.461 e. The molecule has 0 amide bonds. The first-order valence-electron chi connectivity index (χ1n) is 6.45. The second kappa shape index (κ2) is 6.18. The highest BCUT2D eigenvalue weighted by molar-refractivity contribution is 6.28. The van der Waals surface area contributed by atoms with Crippen LogP contribution in [0.15, 0.2) is 0 Å². The van der Waals surface area contributed by atoms with Gasteiger partial charge >= 0.3 is 6.01 Å². The summed E-state index contributed by atoms with van der Waals surface area (Å²) in [6.45, 7) is 4.73. The maximum atomic E-state index is 5.85. The van der Waals surface area contributed by atoms with Crippen LogP contribution in [-0.2, 0) is 0 Å². The second-order valence-corrected chi connectivity index (χ2v) is 5.25. The largest absolute Gasteiger partial charge is 0.461 e. The van der Waals surface area contributed by atoms with E-state index in [-0.39, 0.29) is 17.4 Å². The lowest BCUT2D eigenvalue weighted by molar-refractivity contribution is 0.222. The van der Waals surface area contributed by atoms with Gasteiger partial charge in [0.2, 0.25) is 11.2 Å². The van der Waals surface area contributed by atoms with Crippen LogP contribution >= 0.6 is 11.6 Å². The van der Waals surface area contributed by atoms with E-state index in [0.29, 0.717) is 5.95 Å². The topological polar surface area (TPSA) is 59.9 Å². The van der Waals surface area contributed by atoms with E-state index >= 15 is 0 Å². The molecule has 0 spiro atoms. The Kier molecular flexibility index (Phi) is 4.58. The minimum atomic E-state index is 0.0196. The Morgan fingerprint density at radius 3 is 2.67 bits per heavy atom. The number of hydrogen-bond acceptors (Lipinski definition) is 5. The minimum absolute atomic E-state index is 0.0196. The lowest BCUT2D eigenvalue weighted by Gasteiger charge is -2.12. The van der Waals surface area contributed by atoms with Gasteiger partial charge in [-0.3, -0.25) is 0 Å². The number of rotatable bonds is 5. The number of aromatic nitrogens is 3. The summed E-state index contributed by atoms with van der Waals surface area (Å²) < 4.78 is 5.42. The molecule has 0 bridgehead atoms. The van der Waals surface area contributed by atoms with Crippen LogP contribution in [0.3, 0.4) is 0 Å². The van der Waals surface area contributed by atoms with Crippen molar-refractivity contribution in [3.63, 3.8) is 0 Å². The van der Waals surface area contributed by atoms with Gasteiger partial charge < -0.3 is 10.1 Å². The maximum absolute atomic E-state index is 5.85. The molecule has 1 saturated carbocycles. The van der Waals surface area contributed by atoms with Crippen LogP contribution in [0.25, 0.3) is 0 Å². The first-order valence-corrected chi connectivity index (χ1v) is 6.83. The number of hydrogen-bond donors (Lipinski definition) is 1. The zero-order chi connectivity index (χ0) is 13.0. The molecule has 0 saturated heterocycles. The van der Waals surface area contributed by atoms with Crippen molar-refractivity contribution in [2.75, 3.05) is 11.9 Å². The van der Waals surface area contributed by atoms with Gasteiger partial charge in [-0.15, -0.1) is 0 Å². The van der Waals surface area contributed by atoms with Crippen LogP contribution in [0.4, 0.5) is 5.95 Å². The highest BCUT2D eigenvalue weighted by Gasteiger charge is 2.15. The average molecular weight is 271 g/mol. The monoisotopic (exact) mass is 270 g/mol. The number of ether oxygens (including phenoxy) is 1. The highest BCUT2D eigenvalue weighted by Crippen LogP contribution is 2.24. The number of nitrogens with zero attached hydrogens (tertiary/aromatic N) is 3. The van der Waals surface area contributed by atoms with E-state index in [4.69, 9.17) is 16.3 Å². The van der Waals surface area contributed by atoms with Gasteiger partial charge in [-0.25, -0.2) is 0 Å². The van der Waals surface area contributed by atoms with E-state index in [1.165, 1.54) is 25.7 Å². The smallest absolute Gasteiger partial charge is 0.322 e. The first-order chi connectivity index (χ1) is 8.63. The number of nitrogens with one attached hydrogen (secondary N) is 1. The zero-order valence-corrected chi connectivity index (χ0v) is 11.6. The summed E-state index contributed by atoms with van der Waals surface area (Å²) in [5.74, 6) is 1.22. The molecule has 0 aliphatic heterocycles.